The van der Waals surface area contributed by atoms with E-state index in [0.717, 1.165) is 63.3 Å². The molecule has 8 heteroatoms. The van der Waals surface area contributed by atoms with Crippen molar-refractivity contribution in [2.75, 3.05) is 50.7 Å². The first-order valence-corrected chi connectivity index (χ1v) is 14.9. The highest BCUT2D eigenvalue weighted by Gasteiger charge is 2.36. The van der Waals surface area contributed by atoms with Crippen molar-refractivity contribution in [3.8, 4) is 11.8 Å². The first-order chi connectivity index (χ1) is 19.1. The average molecular weight is 548 g/mol. The maximum Gasteiger partial charge on any atom is 0.254 e. The molecule has 0 aromatic heterocycles. The Labute approximate surface area is 236 Å². The number of amides is 1. The molecule has 0 unspecified atom stereocenters. The van der Waals surface area contributed by atoms with Gasteiger partial charge in [-0.1, -0.05) is 11.6 Å². The lowest BCUT2D eigenvalue weighted by Gasteiger charge is -2.38. The van der Waals surface area contributed by atoms with E-state index in [-0.39, 0.29) is 18.1 Å². The largest absolute Gasteiger partial charge is 0.490 e. The Morgan fingerprint density at radius 2 is 1.74 bits per heavy atom. The molecule has 4 aliphatic rings. The van der Waals surface area contributed by atoms with Crippen LogP contribution in [0, 0.1) is 17.2 Å². The molecule has 1 N–H and O–H groups in total. The van der Waals surface area contributed by atoms with Crippen LogP contribution >= 0.6 is 11.6 Å². The van der Waals surface area contributed by atoms with E-state index in [1.165, 1.54) is 43.7 Å². The average Bonchev–Trinajstić information content (AvgIpc) is 3.30. The number of carbonyl (C=O) groups excluding carboxylic acids is 1. The minimum Gasteiger partial charge on any atom is -0.490 e. The quantitative estimate of drug-likeness (QED) is 0.566. The lowest BCUT2D eigenvalue weighted by Crippen LogP contribution is -2.48. The standard InChI is InChI=1S/C31H38ClN5O2/c32-30-18-28(5-1-23(30)19-33)39-27-6-2-25(3-7-27)37-21-24-17-26(4-8-29(24)31(37)38)36-15-13-35(14-16-36)20-22-9-11-34-12-10-22/h1,4-5,8,17-18,22,25,27,34H,2-3,6-7,9-16,20-21H2. The molecule has 1 saturated carbocycles. The fourth-order valence-electron chi connectivity index (χ4n) is 6.77. The van der Waals surface area contributed by atoms with E-state index in [1.807, 2.05) is 6.07 Å². The first-order valence-electron chi connectivity index (χ1n) is 14.6. The van der Waals surface area contributed by atoms with E-state index in [1.54, 1.807) is 12.1 Å². The van der Waals surface area contributed by atoms with Gasteiger partial charge in [0.1, 0.15) is 11.8 Å². The molecule has 0 radical (unpaired) electrons. The number of anilines is 1. The molecule has 2 aromatic rings. The predicted molar refractivity (Wildman–Crippen MR) is 153 cm³/mol. The number of piperidine rings is 1. The van der Waals surface area contributed by atoms with Crippen molar-refractivity contribution < 1.29 is 9.53 Å². The maximum atomic E-state index is 13.3. The summed E-state index contributed by atoms with van der Waals surface area (Å²) in [5.74, 6) is 1.71. The Bertz CT molecular complexity index is 1220. The highest BCUT2D eigenvalue weighted by Crippen LogP contribution is 2.35. The van der Waals surface area contributed by atoms with Gasteiger partial charge in [-0.3, -0.25) is 9.69 Å². The monoisotopic (exact) mass is 547 g/mol. The zero-order valence-corrected chi connectivity index (χ0v) is 23.3. The summed E-state index contributed by atoms with van der Waals surface area (Å²) in [6, 6.07) is 14.0. The highest BCUT2D eigenvalue weighted by atomic mass is 35.5. The van der Waals surface area contributed by atoms with Gasteiger partial charge in [0.15, 0.2) is 0 Å². The molecular formula is C31H38ClN5O2. The lowest BCUT2D eigenvalue weighted by atomic mass is 9.92. The Morgan fingerprint density at radius 1 is 0.974 bits per heavy atom. The molecule has 1 amide bonds. The number of nitrogens with one attached hydrogen (secondary N) is 1. The van der Waals surface area contributed by atoms with Gasteiger partial charge >= 0.3 is 0 Å². The molecular weight excluding hydrogens is 510 g/mol. The SMILES string of the molecule is N#Cc1ccc(OC2CCC(N3Cc4cc(N5CCN(CC6CCNCC6)CC5)ccc4C3=O)CC2)cc1Cl. The number of ether oxygens (including phenoxy) is 1. The van der Waals surface area contributed by atoms with E-state index in [9.17, 15) is 4.79 Å². The summed E-state index contributed by atoms with van der Waals surface area (Å²) in [5, 5.41) is 13.0. The Kier molecular flexibility index (Phi) is 7.97. The van der Waals surface area contributed by atoms with Crippen molar-refractivity contribution in [3.63, 3.8) is 0 Å². The number of benzene rings is 2. The zero-order valence-electron chi connectivity index (χ0n) is 22.6. The van der Waals surface area contributed by atoms with Crippen LogP contribution in [0.4, 0.5) is 5.69 Å². The fraction of sp³-hybridized carbons (Fsp3) is 0.548. The minimum absolute atomic E-state index is 0.102. The summed E-state index contributed by atoms with van der Waals surface area (Å²) in [6.45, 7) is 8.61. The van der Waals surface area contributed by atoms with E-state index in [4.69, 9.17) is 21.6 Å². The Morgan fingerprint density at radius 3 is 2.46 bits per heavy atom. The normalized spacial score (nSPS) is 24.5. The molecule has 3 aliphatic heterocycles. The van der Waals surface area contributed by atoms with E-state index < -0.39 is 0 Å². The van der Waals surface area contributed by atoms with E-state index in [2.05, 4.69) is 44.3 Å². The number of fused-ring (bicyclic) bond motifs is 1. The zero-order chi connectivity index (χ0) is 26.8. The third kappa shape index (κ3) is 5.89. The number of halogens is 1. The number of hydrogen-bond donors (Lipinski definition) is 1. The molecule has 3 fully saturated rings. The van der Waals surface area contributed by atoms with Gasteiger partial charge in [-0.2, -0.15) is 5.26 Å². The van der Waals surface area contributed by atoms with Gasteiger partial charge in [-0.15, -0.1) is 0 Å². The summed E-state index contributed by atoms with van der Waals surface area (Å²) < 4.78 is 6.16. The maximum absolute atomic E-state index is 13.3. The van der Waals surface area contributed by atoms with Crippen LogP contribution in [0.5, 0.6) is 5.75 Å². The first kappa shape index (κ1) is 26.4. The second kappa shape index (κ2) is 11.8. The van der Waals surface area contributed by atoms with Gasteiger partial charge in [0, 0.05) is 62.6 Å². The Hall–Kier alpha value is -2.79. The van der Waals surface area contributed by atoms with Crippen LogP contribution < -0.4 is 15.0 Å². The smallest absolute Gasteiger partial charge is 0.254 e. The molecule has 1 aliphatic carbocycles. The van der Waals surface area contributed by atoms with Crippen molar-refractivity contribution in [2.45, 2.75) is 57.2 Å². The van der Waals surface area contributed by atoms with Crippen molar-refractivity contribution in [3.05, 3.63) is 58.1 Å². The van der Waals surface area contributed by atoms with Crippen molar-refractivity contribution >= 4 is 23.2 Å². The molecule has 206 valence electrons. The third-order valence-electron chi connectivity index (χ3n) is 9.08. The van der Waals surface area contributed by atoms with Gasteiger partial charge in [-0.25, -0.2) is 0 Å². The highest BCUT2D eigenvalue weighted by molar-refractivity contribution is 6.31. The van der Waals surface area contributed by atoms with Gasteiger partial charge < -0.3 is 19.9 Å². The van der Waals surface area contributed by atoms with E-state index in [0.29, 0.717) is 22.9 Å². The van der Waals surface area contributed by atoms with Crippen LogP contribution in [0.3, 0.4) is 0 Å². The number of piperazine rings is 1. The number of carbonyl (C=O) groups is 1. The number of nitrogens with zero attached hydrogens (tertiary/aromatic N) is 4. The molecule has 0 atom stereocenters. The molecule has 6 rings (SSSR count). The summed E-state index contributed by atoms with van der Waals surface area (Å²) in [5.41, 5.74) is 3.75. The van der Waals surface area contributed by atoms with Crippen LogP contribution in [-0.2, 0) is 6.54 Å². The van der Waals surface area contributed by atoms with Crippen LogP contribution in [0.25, 0.3) is 0 Å². The van der Waals surface area contributed by atoms with Crippen LogP contribution in [0.2, 0.25) is 5.02 Å². The van der Waals surface area contributed by atoms with Crippen LogP contribution in [0.1, 0.15) is 60.0 Å². The number of nitriles is 1. The van der Waals surface area contributed by atoms with Gasteiger partial charge in [0.25, 0.3) is 5.91 Å². The van der Waals surface area contributed by atoms with Gasteiger partial charge in [0.05, 0.1) is 16.7 Å². The van der Waals surface area contributed by atoms with Crippen molar-refractivity contribution in [2.24, 2.45) is 5.92 Å². The fourth-order valence-corrected chi connectivity index (χ4v) is 6.98. The van der Waals surface area contributed by atoms with Gasteiger partial charge in [-0.05, 0) is 93.4 Å². The predicted octanol–water partition coefficient (Wildman–Crippen LogP) is 4.68. The minimum atomic E-state index is 0.102. The number of rotatable bonds is 6. The molecule has 2 saturated heterocycles. The molecule has 3 heterocycles. The van der Waals surface area contributed by atoms with E-state index >= 15 is 0 Å². The van der Waals surface area contributed by atoms with Crippen molar-refractivity contribution in [1.82, 2.24) is 15.1 Å². The van der Waals surface area contributed by atoms with Crippen molar-refractivity contribution in [1.29, 1.82) is 5.26 Å². The molecule has 0 bridgehead atoms. The topological polar surface area (TPSA) is 71.8 Å². The third-order valence-corrected chi connectivity index (χ3v) is 9.39. The summed E-state index contributed by atoms with van der Waals surface area (Å²) in [7, 11) is 0. The summed E-state index contributed by atoms with van der Waals surface area (Å²) >= 11 is 6.17. The summed E-state index contributed by atoms with van der Waals surface area (Å²) in [6.07, 6.45) is 6.36. The molecule has 7 nitrogen and oxygen atoms in total. The molecule has 2 aromatic carbocycles. The second-order valence-electron chi connectivity index (χ2n) is 11.6. The lowest BCUT2D eigenvalue weighted by molar-refractivity contribution is 0.0561. The molecule has 39 heavy (non-hydrogen) atoms. The Balaban J connectivity index is 1.01. The van der Waals surface area contributed by atoms with Crippen LogP contribution in [-0.4, -0.2) is 73.7 Å². The number of hydrogen-bond acceptors (Lipinski definition) is 6. The summed E-state index contributed by atoms with van der Waals surface area (Å²) in [4.78, 5) is 20.5. The van der Waals surface area contributed by atoms with Crippen LogP contribution in [0.15, 0.2) is 36.4 Å². The molecule has 0 spiro atoms. The van der Waals surface area contributed by atoms with Gasteiger partial charge in [0.2, 0.25) is 0 Å². The second-order valence-corrected chi connectivity index (χ2v) is 12.0.